The highest BCUT2D eigenvalue weighted by Gasteiger charge is 2.50. The van der Waals surface area contributed by atoms with Crippen molar-refractivity contribution in [1.29, 1.82) is 0 Å². The maximum absolute atomic E-state index is 13.3. The standard InChI is InChI=1S/C27H33NO4/c1-26(2,3)24-14-19-12-18(8-9-23(19)28(24)16-21(30)17-29)13-25(31)27(10-11-27)20-6-5-7-22(15-20)32-4/h5-9,12,14-15,21,29-30H,10-11,13,16-17H2,1-4H3/t21-/m1/s1. The molecule has 2 N–H and O–H groups in total. The molecule has 4 rings (SSSR count). The van der Waals surface area contributed by atoms with E-state index in [0.29, 0.717) is 13.0 Å². The normalized spacial score (nSPS) is 16.2. The van der Waals surface area contributed by atoms with Gasteiger partial charge in [-0.05, 0) is 54.3 Å². The second-order valence-electron chi connectivity index (χ2n) is 10.0. The Hall–Kier alpha value is -2.63. The molecule has 0 bridgehead atoms. The Balaban J connectivity index is 1.63. The molecule has 1 aliphatic rings. The van der Waals surface area contributed by atoms with Crippen molar-refractivity contribution in [3.05, 3.63) is 65.4 Å². The van der Waals surface area contributed by atoms with Crippen molar-refractivity contribution in [3.8, 4) is 5.75 Å². The number of carbonyl (C=O) groups excluding carboxylic acids is 1. The number of Topliss-reactive ketones (excluding diaryl/α,β-unsaturated/α-hetero) is 1. The Morgan fingerprint density at radius 3 is 2.53 bits per heavy atom. The number of aliphatic hydroxyl groups excluding tert-OH is 2. The Labute approximate surface area is 189 Å². The van der Waals surface area contributed by atoms with Crippen LogP contribution in [0.5, 0.6) is 5.75 Å². The van der Waals surface area contributed by atoms with Crippen LogP contribution in [0.1, 0.15) is 50.4 Å². The fourth-order valence-electron chi connectivity index (χ4n) is 4.65. The second-order valence-corrected chi connectivity index (χ2v) is 10.0. The zero-order chi connectivity index (χ0) is 23.1. The van der Waals surface area contributed by atoms with Crippen LogP contribution in [0.2, 0.25) is 0 Å². The van der Waals surface area contributed by atoms with Gasteiger partial charge in [0.2, 0.25) is 0 Å². The molecule has 1 heterocycles. The van der Waals surface area contributed by atoms with Crippen LogP contribution in [0.15, 0.2) is 48.5 Å². The van der Waals surface area contributed by atoms with Crippen molar-refractivity contribution in [2.24, 2.45) is 0 Å². The third-order valence-corrected chi connectivity index (χ3v) is 6.61. The van der Waals surface area contributed by atoms with E-state index in [2.05, 4.69) is 37.5 Å². The van der Waals surface area contributed by atoms with Gasteiger partial charge in [-0.2, -0.15) is 0 Å². The van der Waals surface area contributed by atoms with Gasteiger partial charge >= 0.3 is 0 Å². The van der Waals surface area contributed by atoms with Crippen LogP contribution >= 0.6 is 0 Å². The molecule has 1 aliphatic carbocycles. The molecule has 32 heavy (non-hydrogen) atoms. The first-order valence-corrected chi connectivity index (χ1v) is 11.3. The second kappa shape index (κ2) is 8.38. The van der Waals surface area contributed by atoms with Gasteiger partial charge in [0.05, 0.1) is 31.8 Å². The van der Waals surface area contributed by atoms with Crippen LogP contribution in [0.4, 0.5) is 0 Å². The van der Waals surface area contributed by atoms with E-state index in [-0.39, 0.29) is 17.8 Å². The van der Waals surface area contributed by atoms with Crippen LogP contribution in [-0.2, 0) is 28.6 Å². The topological polar surface area (TPSA) is 71.7 Å². The summed E-state index contributed by atoms with van der Waals surface area (Å²) in [6.07, 6.45) is 1.34. The van der Waals surface area contributed by atoms with Gasteiger partial charge in [-0.3, -0.25) is 4.79 Å². The number of ketones is 1. The lowest BCUT2D eigenvalue weighted by atomic mass is 9.87. The van der Waals surface area contributed by atoms with Crippen LogP contribution in [-0.4, -0.2) is 40.4 Å². The summed E-state index contributed by atoms with van der Waals surface area (Å²) in [4.78, 5) is 13.3. The average molecular weight is 436 g/mol. The lowest BCUT2D eigenvalue weighted by Gasteiger charge is -2.23. The van der Waals surface area contributed by atoms with E-state index >= 15 is 0 Å². The molecule has 0 aliphatic heterocycles. The van der Waals surface area contributed by atoms with Crippen molar-refractivity contribution in [2.75, 3.05) is 13.7 Å². The highest BCUT2D eigenvalue weighted by atomic mass is 16.5. The maximum Gasteiger partial charge on any atom is 0.147 e. The molecular formula is C27H33NO4. The Morgan fingerprint density at radius 2 is 1.91 bits per heavy atom. The Bertz CT molecular complexity index is 1130. The minimum atomic E-state index is -0.814. The summed E-state index contributed by atoms with van der Waals surface area (Å²) < 4.78 is 7.44. The molecule has 0 radical (unpaired) electrons. The molecule has 5 nitrogen and oxygen atoms in total. The molecule has 170 valence electrons. The molecular weight excluding hydrogens is 402 g/mol. The van der Waals surface area contributed by atoms with E-state index in [1.807, 2.05) is 36.4 Å². The zero-order valence-electron chi connectivity index (χ0n) is 19.4. The summed E-state index contributed by atoms with van der Waals surface area (Å²) in [6.45, 7) is 6.47. The molecule has 2 aromatic carbocycles. The minimum absolute atomic E-state index is 0.116. The molecule has 5 heteroatoms. The highest BCUT2D eigenvalue weighted by molar-refractivity contribution is 5.95. The van der Waals surface area contributed by atoms with Crippen molar-refractivity contribution < 1.29 is 19.7 Å². The molecule has 0 unspecified atom stereocenters. The number of aromatic nitrogens is 1. The van der Waals surface area contributed by atoms with E-state index in [9.17, 15) is 15.0 Å². The van der Waals surface area contributed by atoms with E-state index in [1.165, 1.54) is 0 Å². The number of carbonyl (C=O) groups is 1. The van der Waals surface area contributed by atoms with Crippen molar-refractivity contribution in [1.82, 2.24) is 4.57 Å². The van der Waals surface area contributed by atoms with Gasteiger partial charge in [0, 0.05) is 28.4 Å². The largest absolute Gasteiger partial charge is 0.497 e. The summed E-state index contributed by atoms with van der Waals surface area (Å²) in [5.74, 6) is 1.03. The summed E-state index contributed by atoms with van der Waals surface area (Å²) in [7, 11) is 1.65. The number of nitrogens with zero attached hydrogens (tertiary/aromatic N) is 1. The Morgan fingerprint density at radius 1 is 1.16 bits per heavy atom. The summed E-state index contributed by atoms with van der Waals surface area (Å²) in [5, 5.41) is 20.5. The number of aliphatic hydroxyl groups is 2. The Kier molecular flexibility index (Phi) is 5.91. The van der Waals surface area contributed by atoms with Crippen LogP contribution < -0.4 is 4.74 Å². The van der Waals surface area contributed by atoms with E-state index < -0.39 is 11.5 Å². The van der Waals surface area contributed by atoms with Gasteiger partial charge in [-0.15, -0.1) is 0 Å². The first kappa shape index (κ1) is 22.6. The number of ether oxygens (including phenoxy) is 1. The van der Waals surface area contributed by atoms with Gasteiger partial charge in [0.15, 0.2) is 0 Å². The first-order valence-electron chi connectivity index (χ1n) is 11.3. The summed E-state index contributed by atoms with van der Waals surface area (Å²) in [5.41, 5.74) is 3.64. The van der Waals surface area contributed by atoms with Crippen molar-refractivity contribution >= 4 is 16.7 Å². The van der Waals surface area contributed by atoms with Gasteiger partial charge in [0.25, 0.3) is 0 Å². The number of hydrogen-bond acceptors (Lipinski definition) is 4. The smallest absolute Gasteiger partial charge is 0.147 e. The van der Waals surface area contributed by atoms with Crippen LogP contribution in [0.3, 0.4) is 0 Å². The van der Waals surface area contributed by atoms with E-state index in [1.54, 1.807) is 7.11 Å². The minimum Gasteiger partial charge on any atom is -0.497 e. The van der Waals surface area contributed by atoms with Crippen molar-refractivity contribution in [3.63, 3.8) is 0 Å². The number of methoxy groups -OCH3 is 1. The molecule has 0 spiro atoms. The molecule has 3 aromatic rings. The van der Waals surface area contributed by atoms with Crippen LogP contribution in [0.25, 0.3) is 10.9 Å². The number of fused-ring (bicyclic) bond motifs is 1. The van der Waals surface area contributed by atoms with E-state index in [0.717, 1.165) is 46.3 Å². The predicted molar refractivity (Wildman–Crippen MR) is 126 cm³/mol. The van der Waals surface area contributed by atoms with Gasteiger partial charge in [-0.25, -0.2) is 0 Å². The third kappa shape index (κ3) is 4.19. The summed E-state index contributed by atoms with van der Waals surface area (Å²) in [6, 6.07) is 16.1. The lowest BCUT2D eigenvalue weighted by Crippen LogP contribution is -2.25. The van der Waals surface area contributed by atoms with E-state index in [4.69, 9.17) is 4.74 Å². The third-order valence-electron chi connectivity index (χ3n) is 6.61. The highest BCUT2D eigenvalue weighted by Crippen LogP contribution is 2.50. The molecule has 1 saturated carbocycles. The average Bonchev–Trinajstić information content (AvgIpc) is 3.50. The SMILES string of the molecule is COc1cccc(C2(C(=O)Cc3ccc4c(c3)cc(C(C)(C)C)n4C[C@@H](O)CO)CC2)c1. The van der Waals surface area contributed by atoms with Crippen LogP contribution in [0, 0.1) is 0 Å². The number of rotatable bonds is 8. The number of benzene rings is 2. The molecule has 1 atom stereocenters. The maximum atomic E-state index is 13.3. The van der Waals surface area contributed by atoms with Crippen molar-refractivity contribution in [2.45, 2.75) is 63.5 Å². The fourth-order valence-corrected chi connectivity index (χ4v) is 4.65. The van der Waals surface area contributed by atoms with Gasteiger partial charge < -0.3 is 19.5 Å². The monoisotopic (exact) mass is 435 g/mol. The quantitative estimate of drug-likeness (QED) is 0.558. The molecule has 1 aromatic heterocycles. The molecule has 1 fully saturated rings. The molecule has 0 amide bonds. The zero-order valence-corrected chi connectivity index (χ0v) is 19.4. The fraction of sp³-hybridized carbons (Fsp3) is 0.444. The van der Waals surface area contributed by atoms with Gasteiger partial charge in [-0.1, -0.05) is 39.0 Å². The predicted octanol–water partition coefficient (Wildman–Crippen LogP) is 4.14. The first-order chi connectivity index (χ1) is 15.2. The number of hydrogen-bond donors (Lipinski definition) is 2. The summed E-state index contributed by atoms with van der Waals surface area (Å²) >= 11 is 0. The molecule has 0 saturated heterocycles. The lowest BCUT2D eigenvalue weighted by molar-refractivity contribution is -0.120. The van der Waals surface area contributed by atoms with Gasteiger partial charge in [0.1, 0.15) is 11.5 Å².